The molecule has 1 fully saturated rings. The van der Waals surface area contributed by atoms with Gasteiger partial charge in [0.15, 0.2) is 0 Å². The van der Waals surface area contributed by atoms with E-state index in [9.17, 15) is 23.2 Å². The zero-order valence-electron chi connectivity index (χ0n) is 20.2. The number of urea groups is 1. The van der Waals surface area contributed by atoms with E-state index >= 15 is 0 Å². The zero-order chi connectivity index (χ0) is 26.9. The van der Waals surface area contributed by atoms with Gasteiger partial charge in [-0.15, -0.1) is 0 Å². The van der Waals surface area contributed by atoms with Crippen LogP contribution in [0.5, 0.6) is 0 Å². The Morgan fingerprint density at radius 1 is 1.19 bits per heavy atom. The number of nitrogens with one attached hydrogen (secondary N) is 2. The lowest BCUT2D eigenvalue weighted by Gasteiger charge is -2.28. The number of alkyl halides is 1. The highest BCUT2D eigenvalue weighted by Gasteiger charge is 2.41. The number of halogens is 3. The number of anilines is 1. The molecular formula is C25H27ClF2N6O3. The van der Waals surface area contributed by atoms with E-state index in [1.54, 1.807) is 49.3 Å². The van der Waals surface area contributed by atoms with Gasteiger partial charge in [-0.25, -0.2) is 18.4 Å². The lowest BCUT2D eigenvalue weighted by molar-refractivity contribution is -0.125. The Labute approximate surface area is 217 Å². The second-order valence-electron chi connectivity index (χ2n) is 9.17. The number of nitrogens with zero attached hydrogens (tertiary/aromatic N) is 3. The van der Waals surface area contributed by atoms with Crippen molar-refractivity contribution >= 4 is 46.2 Å². The highest BCUT2D eigenvalue weighted by Crippen LogP contribution is 2.29. The van der Waals surface area contributed by atoms with Crippen molar-refractivity contribution in [2.45, 2.75) is 24.7 Å². The Balaban J connectivity index is 1.56. The molecule has 0 radical (unpaired) electrons. The van der Waals surface area contributed by atoms with Crippen LogP contribution in [0.3, 0.4) is 0 Å². The molecule has 2 aromatic carbocycles. The minimum absolute atomic E-state index is 0.0867. The number of aromatic nitrogens is 1. The van der Waals surface area contributed by atoms with Crippen molar-refractivity contribution in [3.63, 3.8) is 0 Å². The molecule has 0 bridgehead atoms. The van der Waals surface area contributed by atoms with Gasteiger partial charge >= 0.3 is 12.1 Å². The number of hydrogen-bond donors (Lipinski definition) is 3. The Hall–Kier alpha value is -3.70. The molecule has 0 saturated carbocycles. The summed E-state index contributed by atoms with van der Waals surface area (Å²) in [6, 6.07) is 7.92. The van der Waals surface area contributed by atoms with E-state index in [1.165, 1.54) is 22.9 Å². The van der Waals surface area contributed by atoms with Gasteiger partial charge in [0, 0.05) is 30.1 Å². The van der Waals surface area contributed by atoms with E-state index in [4.69, 9.17) is 17.3 Å². The molecule has 1 aromatic heterocycles. The molecule has 9 nitrogen and oxygen atoms in total. The average Bonchev–Trinajstić information content (AvgIpc) is 3.41. The van der Waals surface area contributed by atoms with Gasteiger partial charge in [-0.3, -0.25) is 9.36 Å². The fraction of sp³-hybridized carbons (Fsp3) is 0.320. The lowest BCUT2D eigenvalue weighted by atomic mass is 10.0. The molecule has 4 rings (SSSR count). The van der Waals surface area contributed by atoms with Crippen LogP contribution in [-0.4, -0.2) is 71.7 Å². The summed E-state index contributed by atoms with van der Waals surface area (Å²) in [5, 5.41) is 5.89. The summed E-state index contributed by atoms with van der Waals surface area (Å²) in [7, 11) is 3.52. The van der Waals surface area contributed by atoms with Crippen LogP contribution in [0.15, 0.2) is 48.7 Å². The third kappa shape index (κ3) is 5.52. The number of likely N-dealkylation sites (tertiary alicyclic amines) is 1. The highest BCUT2D eigenvalue weighted by molar-refractivity contribution is 6.30. The predicted molar refractivity (Wildman–Crippen MR) is 137 cm³/mol. The first-order valence-corrected chi connectivity index (χ1v) is 11.9. The molecular weight excluding hydrogens is 506 g/mol. The topological polar surface area (TPSA) is 113 Å². The number of carbonyl (C=O) groups excluding carboxylic acids is 3. The molecule has 4 N–H and O–H groups in total. The van der Waals surface area contributed by atoms with Gasteiger partial charge in [-0.05, 0) is 26.2 Å². The molecule has 3 atom stereocenters. The van der Waals surface area contributed by atoms with Crippen LogP contribution in [0, 0.1) is 5.82 Å². The lowest BCUT2D eigenvalue weighted by Crippen LogP contribution is -2.49. The number of fused-ring (bicyclic) bond motifs is 1. The summed E-state index contributed by atoms with van der Waals surface area (Å²) < 4.78 is 30.4. The largest absolute Gasteiger partial charge is 0.351 e. The number of carbonyl (C=O) groups is 3. The number of benzene rings is 2. The second kappa shape index (κ2) is 10.7. The van der Waals surface area contributed by atoms with Gasteiger partial charge in [0.25, 0.3) is 0 Å². The molecule has 3 aromatic rings. The van der Waals surface area contributed by atoms with Gasteiger partial charge in [-0.1, -0.05) is 41.9 Å². The van der Waals surface area contributed by atoms with Crippen molar-refractivity contribution in [3.05, 3.63) is 65.1 Å². The normalized spacial score (nSPS) is 18.3. The van der Waals surface area contributed by atoms with Crippen LogP contribution in [0.4, 0.5) is 24.1 Å². The third-order valence-electron chi connectivity index (χ3n) is 6.23. The van der Waals surface area contributed by atoms with Gasteiger partial charge in [0.2, 0.25) is 5.91 Å². The SMILES string of the molecule is CN(C)C[C@@H](NC(=O)[C@@H]1C[C@@H](F)CN1C(=O)Nc1cn(C(N)=O)c2ccccc12)c1cccc(Cl)c1F. The molecule has 1 aliphatic heterocycles. The molecule has 0 unspecified atom stereocenters. The van der Waals surface area contributed by atoms with E-state index in [0.717, 1.165) is 4.90 Å². The summed E-state index contributed by atoms with van der Waals surface area (Å²) in [4.78, 5) is 41.1. The predicted octanol–water partition coefficient (Wildman–Crippen LogP) is 3.72. The van der Waals surface area contributed by atoms with Gasteiger partial charge < -0.3 is 26.2 Å². The second-order valence-corrected chi connectivity index (χ2v) is 9.57. The van der Waals surface area contributed by atoms with Gasteiger partial charge in [0.1, 0.15) is 18.0 Å². The number of nitrogens with two attached hydrogens (primary N) is 1. The quantitative estimate of drug-likeness (QED) is 0.449. The maximum absolute atomic E-state index is 14.8. The number of likely N-dealkylation sites (N-methyl/N-ethyl adjacent to an activating group) is 1. The van der Waals surface area contributed by atoms with E-state index in [1.807, 2.05) is 0 Å². The fourth-order valence-electron chi connectivity index (χ4n) is 4.55. The summed E-state index contributed by atoms with van der Waals surface area (Å²) in [6.45, 7) is -0.0597. The molecule has 2 heterocycles. The maximum Gasteiger partial charge on any atom is 0.323 e. The first-order valence-electron chi connectivity index (χ1n) is 11.6. The average molecular weight is 533 g/mol. The van der Waals surface area contributed by atoms with E-state index in [-0.39, 0.29) is 35.8 Å². The van der Waals surface area contributed by atoms with Crippen molar-refractivity contribution in [2.24, 2.45) is 5.73 Å². The van der Waals surface area contributed by atoms with Crippen LogP contribution >= 0.6 is 11.6 Å². The number of hydrogen-bond acceptors (Lipinski definition) is 4. The summed E-state index contributed by atoms with van der Waals surface area (Å²) >= 11 is 5.94. The standard InChI is InChI=1S/C25H27ClF2N6O3/c1-32(2)12-18(16-7-5-8-17(26)22(16)28)30-23(35)21-10-14(27)11-34(21)25(37)31-19-13-33(24(29)36)20-9-4-3-6-15(19)20/h3-9,13-14,18,21H,10-12H2,1-2H3,(H2,29,36)(H,30,35)(H,31,37)/t14-,18-,21+/m1/s1. The number of primary amides is 1. The molecule has 1 saturated heterocycles. The first-order chi connectivity index (χ1) is 17.6. The third-order valence-corrected chi connectivity index (χ3v) is 6.52. The molecule has 0 spiro atoms. The van der Waals surface area contributed by atoms with Crippen molar-refractivity contribution in [3.8, 4) is 0 Å². The van der Waals surface area contributed by atoms with E-state index in [2.05, 4.69) is 10.6 Å². The number of amides is 4. The Morgan fingerprint density at radius 2 is 1.92 bits per heavy atom. The Kier molecular flexibility index (Phi) is 7.65. The van der Waals surface area contributed by atoms with Crippen molar-refractivity contribution in [2.75, 3.05) is 32.5 Å². The Morgan fingerprint density at radius 3 is 2.62 bits per heavy atom. The fourth-order valence-corrected chi connectivity index (χ4v) is 4.73. The smallest absolute Gasteiger partial charge is 0.323 e. The minimum atomic E-state index is -1.43. The van der Waals surface area contributed by atoms with Gasteiger partial charge in [0.05, 0.1) is 28.8 Å². The minimum Gasteiger partial charge on any atom is -0.351 e. The molecule has 196 valence electrons. The molecule has 0 aliphatic carbocycles. The molecule has 12 heteroatoms. The van der Waals surface area contributed by atoms with Crippen LogP contribution in [-0.2, 0) is 4.79 Å². The van der Waals surface area contributed by atoms with Gasteiger partial charge in [-0.2, -0.15) is 0 Å². The van der Waals surface area contributed by atoms with E-state index < -0.39 is 42.0 Å². The van der Waals surface area contributed by atoms with Crippen LogP contribution in [0.1, 0.15) is 18.0 Å². The monoisotopic (exact) mass is 532 g/mol. The highest BCUT2D eigenvalue weighted by atomic mass is 35.5. The van der Waals surface area contributed by atoms with E-state index in [0.29, 0.717) is 10.9 Å². The summed E-state index contributed by atoms with van der Waals surface area (Å²) in [5.74, 6) is -1.28. The molecule has 1 aliphatic rings. The molecule has 4 amide bonds. The maximum atomic E-state index is 14.8. The van der Waals surface area contributed by atoms with Crippen molar-refractivity contribution < 1.29 is 23.2 Å². The first kappa shape index (κ1) is 26.4. The number of para-hydroxylation sites is 1. The van der Waals surface area contributed by atoms with Crippen molar-refractivity contribution in [1.29, 1.82) is 0 Å². The summed E-state index contributed by atoms with van der Waals surface area (Å²) in [5.41, 5.74) is 6.39. The zero-order valence-corrected chi connectivity index (χ0v) is 21.0. The Bertz CT molecular complexity index is 1350. The van der Waals surface area contributed by atoms with Crippen LogP contribution in [0.25, 0.3) is 10.9 Å². The van der Waals surface area contributed by atoms with Crippen LogP contribution in [0.2, 0.25) is 5.02 Å². The van der Waals surface area contributed by atoms with Crippen LogP contribution < -0.4 is 16.4 Å². The van der Waals surface area contributed by atoms with Crippen molar-refractivity contribution in [1.82, 2.24) is 19.7 Å². The summed E-state index contributed by atoms with van der Waals surface area (Å²) in [6.07, 6.45) is -0.267. The number of rotatable bonds is 6. The molecule has 37 heavy (non-hydrogen) atoms.